The third kappa shape index (κ3) is 4.13. The molecule has 24 heavy (non-hydrogen) atoms. The van der Waals surface area contributed by atoms with E-state index in [0.717, 1.165) is 10.8 Å². The van der Waals surface area contributed by atoms with Crippen LogP contribution in [0, 0.1) is 0 Å². The molecule has 0 radical (unpaired) electrons. The summed E-state index contributed by atoms with van der Waals surface area (Å²) in [5.74, 6) is 0.877. The van der Waals surface area contributed by atoms with Gasteiger partial charge < -0.3 is 10.1 Å². The van der Waals surface area contributed by atoms with Crippen molar-refractivity contribution >= 4 is 16.7 Å². The fraction of sp³-hybridized carbons (Fsp3) is 0.190. The van der Waals surface area contributed by atoms with E-state index >= 15 is 0 Å². The third-order valence-electron chi connectivity index (χ3n) is 4.06. The van der Waals surface area contributed by atoms with Crippen molar-refractivity contribution in [1.29, 1.82) is 0 Å². The normalized spacial score (nSPS) is 11.9. The molecule has 122 valence electrons. The van der Waals surface area contributed by atoms with Crippen molar-refractivity contribution < 1.29 is 9.53 Å². The van der Waals surface area contributed by atoms with E-state index in [-0.39, 0.29) is 18.4 Å². The van der Waals surface area contributed by atoms with E-state index in [1.165, 1.54) is 5.56 Å². The van der Waals surface area contributed by atoms with Crippen molar-refractivity contribution in [2.24, 2.45) is 0 Å². The van der Waals surface area contributed by atoms with Crippen LogP contribution in [0.2, 0.25) is 0 Å². The van der Waals surface area contributed by atoms with Gasteiger partial charge >= 0.3 is 0 Å². The zero-order valence-corrected chi connectivity index (χ0v) is 13.7. The SMILES string of the molecule is C[C@@H](CNC(=O)COc1ccc2ccccc2c1)c1ccccc1. The maximum Gasteiger partial charge on any atom is 0.257 e. The van der Waals surface area contributed by atoms with Gasteiger partial charge in [-0.05, 0) is 34.4 Å². The lowest BCUT2D eigenvalue weighted by molar-refractivity contribution is -0.123. The molecule has 1 atom stereocenters. The number of nitrogens with one attached hydrogen (secondary N) is 1. The molecule has 3 rings (SSSR count). The molecule has 1 amide bonds. The largest absolute Gasteiger partial charge is 0.484 e. The maximum atomic E-state index is 12.0. The zero-order valence-electron chi connectivity index (χ0n) is 13.7. The molecule has 0 aliphatic carbocycles. The number of rotatable bonds is 6. The minimum atomic E-state index is -0.106. The van der Waals surface area contributed by atoms with Gasteiger partial charge in [0.2, 0.25) is 0 Å². The second-order valence-corrected chi connectivity index (χ2v) is 5.91. The number of hydrogen-bond donors (Lipinski definition) is 1. The maximum absolute atomic E-state index is 12.0. The molecule has 3 nitrogen and oxygen atoms in total. The lowest BCUT2D eigenvalue weighted by Gasteiger charge is -2.13. The van der Waals surface area contributed by atoms with Crippen molar-refractivity contribution in [1.82, 2.24) is 5.32 Å². The van der Waals surface area contributed by atoms with Crippen LogP contribution in [0.15, 0.2) is 72.8 Å². The Labute approximate surface area is 142 Å². The Bertz CT molecular complexity index is 814. The highest BCUT2D eigenvalue weighted by Crippen LogP contribution is 2.20. The summed E-state index contributed by atoms with van der Waals surface area (Å²) in [5, 5.41) is 5.19. The van der Waals surface area contributed by atoms with E-state index in [1.807, 2.05) is 54.6 Å². The third-order valence-corrected chi connectivity index (χ3v) is 4.06. The molecule has 3 aromatic rings. The standard InChI is InChI=1S/C21H21NO2/c1-16(17-7-3-2-4-8-17)14-22-21(23)15-24-20-12-11-18-9-5-6-10-19(18)13-20/h2-13,16H,14-15H2,1H3,(H,22,23)/t16-/m0/s1. The van der Waals surface area contributed by atoms with Crippen molar-refractivity contribution in [3.05, 3.63) is 78.4 Å². The first-order valence-corrected chi connectivity index (χ1v) is 8.15. The van der Waals surface area contributed by atoms with Gasteiger partial charge in [0.15, 0.2) is 6.61 Å². The summed E-state index contributed by atoms with van der Waals surface area (Å²) in [7, 11) is 0. The van der Waals surface area contributed by atoms with Crippen LogP contribution in [-0.4, -0.2) is 19.1 Å². The highest BCUT2D eigenvalue weighted by atomic mass is 16.5. The predicted octanol–water partition coefficient (Wildman–Crippen LogP) is 4.14. The number of hydrogen-bond acceptors (Lipinski definition) is 2. The van der Waals surface area contributed by atoms with Crippen LogP contribution in [0.25, 0.3) is 10.8 Å². The minimum absolute atomic E-state index is 0.0276. The lowest BCUT2D eigenvalue weighted by Crippen LogP contribution is -2.31. The molecule has 0 aromatic heterocycles. The molecule has 0 saturated heterocycles. The van der Waals surface area contributed by atoms with Crippen LogP contribution in [0.1, 0.15) is 18.4 Å². The minimum Gasteiger partial charge on any atom is -0.484 e. The first-order valence-electron chi connectivity index (χ1n) is 8.15. The Balaban J connectivity index is 1.49. The van der Waals surface area contributed by atoms with Gasteiger partial charge in [-0.15, -0.1) is 0 Å². The monoisotopic (exact) mass is 319 g/mol. The van der Waals surface area contributed by atoms with Gasteiger partial charge in [0, 0.05) is 6.54 Å². The van der Waals surface area contributed by atoms with E-state index < -0.39 is 0 Å². The second-order valence-electron chi connectivity index (χ2n) is 5.91. The van der Waals surface area contributed by atoms with Crippen molar-refractivity contribution in [3.8, 4) is 5.75 Å². The number of carbonyl (C=O) groups excluding carboxylic acids is 1. The fourth-order valence-corrected chi connectivity index (χ4v) is 2.62. The number of carbonyl (C=O) groups is 1. The molecule has 0 fully saturated rings. The van der Waals surface area contributed by atoms with Crippen LogP contribution in [-0.2, 0) is 4.79 Å². The van der Waals surface area contributed by atoms with Gasteiger partial charge in [0.05, 0.1) is 0 Å². The highest BCUT2D eigenvalue weighted by Gasteiger charge is 2.08. The van der Waals surface area contributed by atoms with Gasteiger partial charge in [-0.2, -0.15) is 0 Å². The van der Waals surface area contributed by atoms with Gasteiger partial charge in [0.25, 0.3) is 5.91 Å². The summed E-state index contributed by atoms with van der Waals surface area (Å²) in [4.78, 5) is 12.0. The summed E-state index contributed by atoms with van der Waals surface area (Å²) in [5.41, 5.74) is 1.22. The first kappa shape index (κ1) is 16.1. The van der Waals surface area contributed by atoms with E-state index in [0.29, 0.717) is 12.3 Å². The summed E-state index contributed by atoms with van der Waals surface area (Å²) in [6.07, 6.45) is 0. The molecule has 0 spiro atoms. The summed E-state index contributed by atoms with van der Waals surface area (Å²) >= 11 is 0. The van der Waals surface area contributed by atoms with Crippen LogP contribution in [0.3, 0.4) is 0 Å². The Hall–Kier alpha value is -2.81. The van der Waals surface area contributed by atoms with Gasteiger partial charge in [-0.1, -0.05) is 67.6 Å². The first-order chi connectivity index (χ1) is 11.7. The molecule has 3 heteroatoms. The number of fused-ring (bicyclic) bond motifs is 1. The Morgan fingerprint density at radius 3 is 2.46 bits per heavy atom. The second kappa shape index (κ2) is 7.64. The molecule has 0 saturated carbocycles. The van der Waals surface area contributed by atoms with E-state index in [9.17, 15) is 4.79 Å². The summed E-state index contributed by atoms with van der Waals surface area (Å²) in [6.45, 7) is 2.73. The molecular weight excluding hydrogens is 298 g/mol. The predicted molar refractivity (Wildman–Crippen MR) is 97.3 cm³/mol. The molecule has 0 heterocycles. The summed E-state index contributed by atoms with van der Waals surface area (Å²) < 4.78 is 5.60. The average Bonchev–Trinajstić information content (AvgIpc) is 2.65. The topological polar surface area (TPSA) is 38.3 Å². The average molecular weight is 319 g/mol. The van der Waals surface area contributed by atoms with Crippen molar-refractivity contribution in [3.63, 3.8) is 0 Å². The highest BCUT2D eigenvalue weighted by molar-refractivity contribution is 5.84. The Morgan fingerprint density at radius 1 is 0.958 bits per heavy atom. The van der Waals surface area contributed by atoms with E-state index in [1.54, 1.807) is 0 Å². The van der Waals surface area contributed by atoms with Crippen LogP contribution in [0.4, 0.5) is 0 Å². The fourth-order valence-electron chi connectivity index (χ4n) is 2.62. The van der Waals surface area contributed by atoms with Crippen molar-refractivity contribution in [2.75, 3.05) is 13.2 Å². The van der Waals surface area contributed by atoms with Gasteiger partial charge in [-0.3, -0.25) is 4.79 Å². The quantitative estimate of drug-likeness (QED) is 0.741. The number of amides is 1. The van der Waals surface area contributed by atoms with Crippen molar-refractivity contribution in [2.45, 2.75) is 12.8 Å². The van der Waals surface area contributed by atoms with Gasteiger partial charge in [-0.25, -0.2) is 0 Å². The molecular formula is C21H21NO2. The number of ether oxygens (including phenoxy) is 1. The van der Waals surface area contributed by atoms with Crippen LogP contribution in [0.5, 0.6) is 5.75 Å². The van der Waals surface area contributed by atoms with E-state index in [4.69, 9.17) is 4.74 Å². The van der Waals surface area contributed by atoms with Crippen LogP contribution < -0.4 is 10.1 Å². The molecule has 0 bridgehead atoms. The van der Waals surface area contributed by atoms with Crippen LogP contribution >= 0.6 is 0 Å². The molecule has 0 aliphatic heterocycles. The molecule has 0 aliphatic rings. The Kier molecular flexibility index (Phi) is 5.12. The lowest BCUT2D eigenvalue weighted by atomic mass is 10.0. The molecule has 3 aromatic carbocycles. The van der Waals surface area contributed by atoms with Gasteiger partial charge in [0.1, 0.15) is 5.75 Å². The molecule has 1 N–H and O–H groups in total. The van der Waals surface area contributed by atoms with E-state index in [2.05, 4.69) is 30.4 Å². The smallest absolute Gasteiger partial charge is 0.257 e. The number of benzene rings is 3. The zero-order chi connectivity index (χ0) is 16.8. The molecule has 0 unspecified atom stereocenters. The summed E-state index contributed by atoms with van der Waals surface area (Å²) in [6, 6.07) is 24.1. The Morgan fingerprint density at radius 2 is 1.67 bits per heavy atom.